The van der Waals surface area contributed by atoms with Crippen LogP contribution in [0.1, 0.15) is 37.5 Å². The molecule has 3 rings (SSSR count). The van der Waals surface area contributed by atoms with Gasteiger partial charge in [0, 0.05) is 37.5 Å². The summed E-state index contributed by atoms with van der Waals surface area (Å²) in [6.45, 7) is 3.95. The van der Waals surface area contributed by atoms with Crippen LogP contribution in [0.3, 0.4) is 0 Å². The molecular weight excluding hydrogens is 378 g/mol. The number of piperidine rings is 1. The van der Waals surface area contributed by atoms with Crippen molar-refractivity contribution in [1.82, 2.24) is 20.5 Å². The number of thiazole rings is 1. The number of furan rings is 1. The third-order valence-electron chi connectivity index (χ3n) is 4.64. The zero-order valence-corrected chi connectivity index (χ0v) is 17.5. The summed E-state index contributed by atoms with van der Waals surface area (Å²) in [4.78, 5) is 11.2. The van der Waals surface area contributed by atoms with Crippen LogP contribution in [-0.2, 0) is 0 Å². The molecule has 1 aliphatic heterocycles. The molecule has 1 atom stereocenters. The first-order chi connectivity index (χ1) is 13.4. The number of nitrogens with one attached hydrogen (secondary N) is 2. The van der Waals surface area contributed by atoms with Crippen molar-refractivity contribution in [3.05, 3.63) is 35.7 Å². The fourth-order valence-electron chi connectivity index (χ4n) is 3.25. The van der Waals surface area contributed by atoms with Crippen molar-refractivity contribution < 1.29 is 4.42 Å². The monoisotopic (exact) mass is 407 g/mol. The molecule has 1 saturated heterocycles. The van der Waals surface area contributed by atoms with Crippen LogP contribution in [0.4, 0.5) is 0 Å². The Kier molecular flexibility index (Phi) is 8.51. The number of nitrogens with zero attached hydrogens (tertiary/aromatic N) is 3. The van der Waals surface area contributed by atoms with E-state index >= 15 is 0 Å². The Morgan fingerprint density at radius 1 is 1.37 bits per heavy atom. The van der Waals surface area contributed by atoms with Crippen molar-refractivity contribution in [3.8, 4) is 0 Å². The minimum atomic E-state index is 0.249. The number of rotatable bonds is 9. The maximum absolute atomic E-state index is 5.71. The van der Waals surface area contributed by atoms with Crippen molar-refractivity contribution in [3.63, 3.8) is 0 Å². The highest BCUT2D eigenvalue weighted by Gasteiger charge is 2.24. The van der Waals surface area contributed by atoms with Gasteiger partial charge < -0.3 is 15.1 Å². The lowest BCUT2D eigenvalue weighted by molar-refractivity contribution is 0.146. The lowest BCUT2D eigenvalue weighted by atomic mass is 10.1. The first-order valence-electron chi connectivity index (χ1n) is 9.61. The van der Waals surface area contributed by atoms with Gasteiger partial charge in [0.25, 0.3) is 0 Å². The van der Waals surface area contributed by atoms with E-state index in [4.69, 9.17) is 4.42 Å². The van der Waals surface area contributed by atoms with E-state index in [1.807, 2.05) is 36.5 Å². The van der Waals surface area contributed by atoms with Gasteiger partial charge in [-0.05, 0) is 44.5 Å². The van der Waals surface area contributed by atoms with E-state index in [9.17, 15) is 0 Å². The lowest BCUT2D eigenvalue weighted by Gasteiger charge is -2.33. The first-order valence-corrected chi connectivity index (χ1v) is 11.5. The van der Waals surface area contributed by atoms with E-state index in [1.165, 1.54) is 19.3 Å². The predicted molar refractivity (Wildman–Crippen MR) is 114 cm³/mol. The predicted octanol–water partition coefficient (Wildman–Crippen LogP) is 3.61. The average Bonchev–Trinajstić information content (AvgIpc) is 3.41. The standard InChI is InChI=1S/C19H29N5OS2/c1-20-18(21-8-6-13-26-19-22-9-14-27-19)23-15-16(17-7-5-12-25-17)24-10-3-2-4-11-24/h5,7,9,12,14,16H,2-4,6,8,10-11,13,15H2,1H3,(H2,20,21,23). The number of aromatic nitrogens is 1. The Labute approximate surface area is 169 Å². The summed E-state index contributed by atoms with van der Waals surface area (Å²) < 4.78 is 6.85. The quantitative estimate of drug-likeness (QED) is 0.286. The smallest absolute Gasteiger partial charge is 0.191 e. The van der Waals surface area contributed by atoms with E-state index in [0.29, 0.717) is 0 Å². The van der Waals surface area contributed by atoms with Gasteiger partial charge in [0.2, 0.25) is 0 Å². The third kappa shape index (κ3) is 6.55. The van der Waals surface area contributed by atoms with Gasteiger partial charge >= 0.3 is 0 Å². The van der Waals surface area contributed by atoms with Crippen molar-refractivity contribution in [1.29, 1.82) is 0 Å². The summed E-state index contributed by atoms with van der Waals surface area (Å²) in [6, 6.07) is 4.30. The molecule has 2 N–H and O–H groups in total. The van der Waals surface area contributed by atoms with E-state index < -0.39 is 0 Å². The second-order valence-corrected chi connectivity index (χ2v) is 8.74. The highest BCUT2D eigenvalue weighted by molar-refractivity contribution is 8.00. The zero-order chi connectivity index (χ0) is 18.7. The normalized spacial score (nSPS) is 17.0. The molecule has 0 aliphatic carbocycles. The minimum absolute atomic E-state index is 0.249. The molecule has 1 fully saturated rings. The molecule has 3 heterocycles. The summed E-state index contributed by atoms with van der Waals surface area (Å²) in [5.74, 6) is 2.93. The molecule has 1 unspecified atom stereocenters. The van der Waals surface area contributed by atoms with Gasteiger partial charge in [-0.1, -0.05) is 18.2 Å². The first kappa shape index (κ1) is 20.2. The van der Waals surface area contributed by atoms with Crippen LogP contribution in [0, 0.1) is 0 Å². The van der Waals surface area contributed by atoms with Crippen LogP contribution in [0.15, 0.2) is 43.7 Å². The summed E-state index contributed by atoms with van der Waals surface area (Å²) >= 11 is 3.51. The van der Waals surface area contributed by atoms with Crippen molar-refractivity contribution in [2.45, 2.75) is 36.1 Å². The molecule has 148 valence electrons. The Bertz CT molecular complexity index is 654. The summed E-state index contributed by atoms with van der Waals surface area (Å²) in [5, 5.41) is 8.91. The molecule has 6 nitrogen and oxygen atoms in total. The maximum Gasteiger partial charge on any atom is 0.191 e. The number of thioether (sulfide) groups is 1. The van der Waals surface area contributed by atoms with Crippen molar-refractivity contribution in [2.24, 2.45) is 4.99 Å². The van der Waals surface area contributed by atoms with Crippen LogP contribution in [0.25, 0.3) is 0 Å². The van der Waals surface area contributed by atoms with E-state index in [1.54, 1.807) is 17.6 Å². The third-order valence-corrected chi connectivity index (χ3v) is 6.69. The van der Waals surface area contributed by atoms with Gasteiger partial charge in [0.1, 0.15) is 10.1 Å². The van der Waals surface area contributed by atoms with Gasteiger partial charge in [-0.2, -0.15) is 0 Å². The molecule has 2 aromatic rings. The van der Waals surface area contributed by atoms with Crippen molar-refractivity contribution in [2.75, 3.05) is 39.0 Å². The molecule has 0 radical (unpaired) electrons. The highest BCUT2D eigenvalue weighted by Crippen LogP contribution is 2.24. The number of hydrogen-bond acceptors (Lipinski definition) is 6. The van der Waals surface area contributed by atoms with Crippen LogP contribution < -0.4 is 10.6 Å². The van der Waals surface area contributed by atoms with Gasteiger partial charge in [0.15, 0.2) is 5.96 Å². The van der Waals surface area contributed by atoms with Crippen molar-refractivity contribution >= 4 is 29.1 Å². The van der Waals surface area contributed by atoms with E-state index in [0.717, 1.165) is 54.4 Å². The van der Waals surface area contributed by atoms with Crippen LogP contribution in [0.5, 0.6) is 0 Å². The largest absolute Gasteiger partial charge is 0.468 e. The van der Waals surface area contributed by atoms with E-state index in [2.05, 4.69) is 31.6 Å². The molecule has 0 aromatic carbocycles. The number of aliphatic imine (C=N–C) groups is 1. The van der Waals surface area contributed by atoms with Gasteiger partial charge in [-0.3, -0.25) is 9.89 Å². The van der Waals surface area contributed by atoms with Gasteiger partial charge in [-0.25, -0.2) is 4.98 Å². The van der Waals surface area contributed by atoms with Crippen LogP contribution in [-0.4, -0.2) is 54.8 Å². The number of guanidine groups is 1. The maximum atomic E-state index is 5.71. The molecule has 2 aromatic heterocycles. The molecule has 0 bridgehead atoms. The zero-order valence-electron chi connectivity index (χ0n) is 15.9. The number of hydrogen-bond donors (Lipinski definition) is 2. The molecule has 0 spiro atoms. The van der Waals surface area contributed by atoms with Crippen LogP contribution >= 0.6 is 23.1 Å². The molecule has 0 amide bonds. The molecule has 8 heteroatoms. The Morgan fingerprint density at radius 2 is 2.26 bits per heavy atom. The second kappa shape index (κ2) is 11.4. The van der Waals surface area contributed by atoms with Crippen LogP contribution in [0.2, 0.25) is 0 Å². The molecule has 1 aliphatic rings. The summed E-state index contributed by atoms with van der Waals surface area (Å²) in [6.07, 6.45) is 8.55. The Hall–Kier alpha value is -1.51. The van der Waals surface area contributed by atoms with Gasteiger partial charge in [0.05, 0.1) is 12.3 Å². The number of likely N-dealkylation sites (tertiary alicyclic amines) is 1. The SMILES string of the molecule is CN=C(NCCCSc1nccs1)NCC(c1ccco1)N1CCCCC1. The molecule has 0 saturated carbocycles. The lowest BCUT2D eigenvalue weighted by Crippen LogP contribution is -2.44. The summed E-state index contributed by atoms with van der Waals surface area (Å²) in [5.41, 5.74) is 0. The second-order valence-electron chi connectivity index (χ2n) is 6.51. The molecule has 27 heavy (non-hydrogen) atoms. The fraction of sp³-hybridized carbons (Fsp3) is 0.579. The Morgan fingerprint density at radius 3 is 2.96 bits per heavy atom. The fourth-order valence-corrected chi connectivity index (χ4v) is 4.90. The highest BCUT2D eigenvalue weighted by atomic mass is 32.2. The van der Waals surface area contributed by atoms with E-state index in [-0.39, 0.29) is 6.04 Å². The topological polar surface area (TPSA) is 65.7 Å². The molecular formula is C19H29N5OS2. The summed E-state index contributed by atoms with van der Waals surface area (Å²) in [7, 11) is 1.82. The average molecular weight is 408 g/mol. The Balaban J connectivity index is 1.42. The van der Waals surface area contributed by atoms with Gasteiger partial charge in [-0.15, -0.1) is 11.3 Å². The minimum Gasteiger partial charge on any atom is -0.468 e.